The Labute approximate surface area is 104 Å². The molecule has 0 atom stereocenters. The van der Waals surface area contributed by atoms with Gasteiger partial charge in [-0.15, -0.1) is 0 Å². The molecule has 0 bridgehead atoms. The van der Waals surface area contributed by atoms with Crippen molar-refractivity contribution in [3.63, 3.8) is 0 Å². The Kier molecular flexibility index (Phi) is 5.34. The Morgan fingerprint density at radius 3 is 2.28 bits per heavy atom. The predicted molar refractivity (Wildman–Crippen MR) is 58.0 cm³/mol. The highest BCUT2D eigenvalue weighted by atomic mass is 32.2. The van der Waals surface area contributed by atoms with Crippen LogP contribution in [0.25, 0.3) is 0 Å². The second-order valence-corrected chi connectivity index (χ2v) is 5.69. The van der Waals surface area contributed by atoms with Crippen LogP contribution in [-0.2, 0) is 14.9 Å². The second-order valence-electron chi connectivity index (χ2n) is 3.76. The minimum absolute atomic E-state index is 0.0568. The van der Waals surface area contributed by atoms with Gasteiger partial charge in [0.25, 0.3) is 10.2 Å². The fourth-order valence-corrected chi connectivity index (χ4v) is 3.14. The summed E-state index contributed by atoms with van der Waals surface area (Å²) in [6.45, 7) is -1.57. The molecule has 0 aliphatic carbocycles. The average Bonchev–Trinajstić information content (AvgIpc) is 2.28. The fourth-order valence-electron chi connectivity index (χ4n) is 1.56. The van der Waals surface area contributed by atoms with Crippen LogP contribution in [0.3, 0.4) is 0 Å². The van der Waals surface area contributed by atoms with Gasteiger partial charge in [-0.2, -0.15) is 30.2 Å². The lowest BCUT2D eigenvalue weighted by molar-refractivity contribution is -0.136. The molecule has 1 heterocycles. The van der Waals surface area contributed by atoms with Gasteiger partial charge in [0, 0.05) is 26.2 Å². The van der Waals surface area contributed by atoms with E-state index in [0.29, 0.717) is 4.31 Å². The van der Waals surface area contributed by atoms with E-state index in [9.17, 15) is 21.6 Å². The van der Waals surface area contributed by atoms with Crippen molar-refractivity contribution in [3.8, 4) is 0 Å². The minimum Gasteiger partial charge on any atom is -0.379 e. The van der Waals surface area contributed by atoms with Crippen molar-refractivity contribution in [2.24, 2.45) is 5.73 Å². The molecule has 0 unspecified atom stereocenters. The third-order valence-electron chi connectivity index (χ3n) is 2.36. The highest BCUT2D eigenvalue weighted by Crippen LogP contribution is 2.20. The largest absolute Gasteiger partial charge is 0.402 e. The maximum atomic E-state index is 12.3. The molecule has 0 saturated carbocycles. The summed E-state index contributed by atoms with van der Waals surface area (Å²) in [5.74, 6) is 0. The molecule has 1 saturated heterocycles. The lowest BCUT2D eigenvalue weighted by atomic mass is 10.5. The van der Waals surface area contributed by atoms with Gasteiger partial charge in [-0.05, 0) is 0 Å². The van der Waals surface area contributed by atoms with Crippen LogP contribution in [-0.4, -0.2) is 69.1 Å². The van der Waals surface area contributed by atoms with Crippen LogP contribution in [0, 0.1) is 0 Å². The maximum absolute atomic E-state index is 12.3. The Balaban J connectivity index is 2.81. The van der Waals surface area contributed by atoms with Gasteiger partial charge in [-0.25, -0.2) is 0 Å². The van der Waals surface area contributed by atoms with E-state index in [-0.39, 0.29) is 39.4 Å². The quantitative estimate of drug-likeness (QED) is 0.733. The summed E-state index contributed by atoms with van der Waals surface area (Å²) in [4.78, 5) is 0. The molecule has 0 aromatic heterocycles. The molecule has 6 nitrogen and oxygen atoms in total. The summed E-state index contributed by atoms with van der Waals surface area (Å²) < 4.78 is 67.3. The number of rotatable bonds is 5. The zero-order valence-corrected chi connectivity index (χ0v) is 10.5. The van der Waals surface area contributed by atoms with Gasteiger partial charge in [-0.1, -0.05) is 0 Å². The molecule has 1 rings (SSSR count). The monoisotopic (exact) mass is 291 g/mol. The summed E-state index contributed by atoms with van der Waals surface area (Å²) in [5.41, 5.74) is 5.16. The normalized spacial score (nSPS) is 19.4. The van der Waals surface area contributed by atoms with Gasteiger partial charge in [0.2, 0.25) is 0 Å². The molecular weight excluding hydrogens is 275 g/mol. The summed E-state index contributed by atoms with van der Waals surface area (Å²) >= 11 is 0. The lowest BCUT2D eigenvalue weighted by Gasteiger charge is -2.32. The van der Waals surface area contributed by atoms with E-state index in [1.165, 1.54) is 0 Å². The molecule has 1 fully saturated rings. The SMILES string of the molecule is NCCN(CC(F)(F)F)S(=O)(=O)N1CCOCC1. The topological polar surface area (TPSA) is 75.9 Å². The first kappa shape index (κ1) is 15.6. The Bertz CT molecular complexity index is 354. The molecule has 1 aliphatic rings. The van der Waals surface area contributed by atoms with Crippen LogP contribution in [0.4, 0.5) is 13.2 Å². The van der Waals surface area contributed by atoms with Crippen LogP contribution in [0.2, 0.25) is 0 Å². The molecule has 2 N–H and O–H groups in total. The molecule has 10 heteroatoms. The molecular formula is C8H16F3N3O3S. The number of nitrogens with two attached hydrogens (primary N) is 1. The second kappa shape index (κ2) is 6.15. The number of alkyl halides is 3. The van der Waals surface area contributed by atoms with Crippen LogP contribution >= 0.6 is 0 Å². The number of nitrogens with zero attached hydrogens (tertiary/aromatic N) is 2. The highest BCUT2D eigenvalue weighted by molar-refractivity contribution is 7.86. The maximum Gasteiger partial charge on any atom is 0.402 e. The third kappa shape index (κ3) is 4.35. The number of hydrogen-bond donors (Lipinski definition) is 1. The van der Waals surface area contributed by atoms with E-state index < -0.39 is 22.9 Å². The fraction of sp³-hybridized carbons (Fsp3) is 1.00. The molecule has 1 aliphatic heterocycles. The Morgan fingerprint density at radius 1 is 1.28 bits per heavy atom. The highest BCUT2D eigenvalue weighted by Gasteiger charge is 2.38. The van der Waals surface area contributed by atoms with Crippen molar-refractivity contribution in [3.05, 3.63) is 0 Å². The van der Waals surface area contributed by atoms with Crippen molar-refractivity contribution >= 4 is 10.2 Å². The van der Waals surface area contributed by atoms with Crippen molar-refractivity contribution < 1.29 is 26.3 Å². The molecule has 0 aromatic carbocycles. The lowest BCUT2D eigenvalue weighted by Crippen LogP contribution is -2.52. The molecule has 0 amide bonds. The standard InChI is InChI=1S/C8H16F3N3O3S/c9-8(10,11)7-14(2-1-12)18(15,16)13-3-5-17-6-4-13/h1-7,12H2. The van der Waals surface area contributed by atoms with Crippen molar-refractivity contribution in [2.45, 2.75) is 6.18 Å². The van der Waals surface area contributed by atoms with Gasteiger partial charge in [0.05, 0.1) is 13.2 Å². The Hall–Kier alpha value is -0.420. The van der Waals surface area contributed by atoms with Gasteiger partial charge in [-0.3, -0.25) is 0 Å². The van der Waals surface area contributed by atoms with E-state index in [1.54, 1.807) is 0 Å². The van der Waals surface area contributed by atoms with E-state index >= 15 is 0 Å². The summed E-state index contributed by atoms with van der Waals surface area (Å²) in [6, 6.07) is 0. The first-order valence-electron chi connectivity index (χ1n) is 5.37. The van der Waals surface area contributed by atoms with Crippen molar-refractivity contribution in [1.82, 2.24) is 8.61 Å². The van der Waals surface area contributed by atoms with Gasteiger partial charge < -0.3 is 10.5 Å². The zero-order valence-electron chi connectivity index (χ0n) is 9.69. The number of hydrogen-bond acceptors (Lipinski definition) is 4. The van der Waals surface area contributed by atoms with Gasteiger partial charge >= 0.3 is 6.18 Å². The van der Waals surface area contributed by atoms with Crippen molar-refractivity contribution in [2.75, 3.05) is 45.9 Å². The number of halogens is 3. The average molecular weight is 291 g/mol. The third-order valence-corrected chi connectivity index (χ3v) is 4.34. The smallest absolute Gasteiger partial charge is 0.379 e. The van der Waals surface area contributed by atoms with E-state index in [0.717, 1.165) is 4.31 Å². The van der Waals surface area contributed by atoms with E-state index in [2.05, 4.69) is 0 Å². The molecule has 0 radical (unpaired) electrons. The van der Waals surface area contributed by atoms with E-state index in [1.807, 2.05) is 0 Å². The van der Waals surface area contributed by atoms with Crippen LogP contribution in [0.5, 0.6) is 0 Å². The molecule has 0 aromatic rings. The molecule has 108 valence electrons. The van der Waals surface area contributed by atoms with Crippen LogP contribution < -0.4 is 5.73 Å². The molecule has 0 spiro atoms. The first-order chi connectivity index (χ1) is 8.27. The van der Waals surface area contributed by atoms with E-state index in [4.69, 9.17) is 10.5 Å². The number of ether oxygens (including phenoxy) is 1. The van der Waals surface area contributed by atoms with Crippen LogP contribution in [0.1, 0.15) is 0 Å². The summed E-state index contributed by atoms with van der Waals surface area (Å²) in [5, 5.41) is 0. The van der Waals surface area contributed by atoms with Crippen molar-refractivity contribution in [1.29, 1.82) is 0 Å². The van der Waals surface area contributed by atoms with Gasteiger partial charge in [0.15, 0.2) is 0 Å². The number of morpholine rings is 1. The first-order valence-corrected chi connectivity index (χ1v) is 6.77. The zero-order chi connectivity index (χ0) is 13.8. The predicted octanol–water partition coefficient (Wildman–Crippen LogP) is -0.614. The molecule has 18 heavy (non-hydrogen) atoms. The summed E-state index contributed by atoms with van der Waals surface area (Å²) in [6.07, 6.45) is -4.59. The van der Waals surface area contributed by atoms with Crippen LogP contribution in [0.15, 0.2) is 0 Å². The van der Waals surface area contributed by atoms with Gasteiger partial charge in [0.1, 0.15) is 6.54 Å². The Morgan fingerprint density at radius 2 is 1.83 bits per heavy atom. The summed E-state index contributed by atoms with van der Waals surface area (Å²) in [7, 11) is -4.13. The minimum atomic E-state index is -4.59.